The van der Waals surface area contributed by atoms with Crippen molar-refractivity contribution >= 4 is 11.5 Å². The third-order valence-electron chi connectivity index (χ3n) is 1.98. The van der Waals surface area contributed by atoms with Gasteiger partial charge in [0.15, 0.2) is 0 Å². The Hall–Kier alpha value is -1.76. The summed E-state index contributed by atoms with van der Waals surface area (Å²) in [6, 6.07) is 0. The van der Waals surface area contributed by atoms with Crippen LogP contribution in [-0.2, 0) is 11.8 Å². The van der Waals surface area contributed by atoms with Gasteiger partial charge < -0.3 is 15.8 Å². The van der Waals surface area contributed by atoms with E-state index in [2.05, 4.69) is 10.3 Å². The van der Waals surface area contributed by atoms with Crippen LogP contribution in [0, 0.1) is 0 Å². The summed E-state index contributed by atoms with van der Waals surface area (Å²) in [6.07, 6.45) is 0. The molecule has 15 heavy (non-hydrogen) atoms. The molecule has 1 heterocycles. The molecule has 7 nitrogen and oxygen atoms in total. The predicted octanol–water partition coefficient (Wildman–Crippen LogP) is -1.29. The van der Waals surface area contributed by atoms with E-state index >= 15 is 0 Å². The fourth-order valence-corrected chi connectivity index (χ4v) is 1.09. The second kappa shape index (κ2) is 4.65. The van der Waals surface area contributed by atoms with Crippen molar-refractivity contribution in [1.82, 2.24) is 9.55 Å². The van der Waals surface area contributed by atoms with Gasteiger partial charge in [-0.25, -0.2) is 4.79 Å². The molecule has 0 fully saturated rings. The Morgan fingerprint density at radius 3 is 2.80 bits per heavy atom. The quantitative estimate of drug-likeness (QED) is 0.541. The van der Waals surface area contributed by atoms with Crippen LogP contribution in [0.5, 0.6) is 0 Å². The van der Waals surface area contributed by atoms with Crippen molar-refractivity contribution in [3.8, 4) is 0 Å². The molecule has 0 radical (unpaired) electrons. The number of nitrogens with zero attached hydrogens (tertiary/aromatic N) is 1. The van der Waals surface area contributed by atoms with Crippen LogP contribution in [0.4, 0.5) is 11.5 Å². The molecule has 0 aliphatic carbocycles. The Balaban J connectivity index is 3.02. The zero-order valence-corrected chi connectivity index (χ0v) is 8.66. The monoisotopic (exact) mass is 214 g/mol. The van der Waals surface area contributed by atoms with E-state index in [1.165, 1.54) is 7.05 Å². The number of nitrogen functional groups attached to an aromatic ring is 1. The summed E-state index contributed by atoms with van der Waals surface area (Å²) in [5.41, 5.74) is 4.74. The lowest BCUT2D eigenvalue weighted by Gasteiger charge is -2.09. The highest BCUT2D eigenvalue weighted by Crippen LogP contribution is 2.07. The molecule has 0 aromatic carbocycles. The van der Waals surface area contributed by atoms with Crippen LogP contribution in [-0.4, -0.2) is 29.8 Å². The van der Waals surface area contributed by atoms with E-state index in [4.69, 9.17) is 10.5 Å². The molecule has 0 saturated carbocycles. The van der Waals surface area contributed by atoms with Crippen LogP contribution >= 0.6 is 0 Å². The zero-order valence-electron chi connectivity index (χ0n) is 8.66. The van der Waals surface area contributed by atoms with Gasteiger partial charge >= 0.3 is 5.69 Å². The number of ether oxygens (including phenoxy) is 1. The van der Waals surface area contributed by atoms with Crippen LogP contribution in [0.25, 0.3) is 0 Å². The SMILES string of the molecule is COCCNc1c(N)n(C)c(=O)[nH]c1=O. The molecule has 0 atom stereocenters. The summed E-state index contributed by atoms with van der Waals surface area (Å²) in [6.45, 7) is 0.893. The van der Waals surface area contributed by atoms with Crippen molar-refractivity contribution in [2.45, 2.75) is 0 Å². The van der Waals surface area contributed by atoms with Gasteiger partial charge in [-0.15, -0.1) is 0 Å². The highest BCUT2D eigenvalue weighted by atomic mass is 16.5. The number of aromatic amines is 1. The Morgan fingerprint density at radius 1 is 1.53 bits per heavy atom. The first kappa shape index (κ1) is 11.3. The summed E-state index contributed by atoms with van der Waals surface area (Å²) in [7, 11) is 3.03. The molecule has 0 saturated heterocycles. The lowest BCUT2D eigenvalue weighted by Crippen LogP contribution is -2.33. The van der Waals surface area contributed by atoms with Gasteiger partial charge in [0.25, 0.3) is 5.56 Å². The van der Waals surface area contributed by atoms with Crippen molar-refractivity contribution in [3.63, 3.8) is 0 Å². The van der Waals surface area contributed by atoms with E-state index in [9.17, 15) is 9.59 Å². The number of hydrogen-bond donors (Lipinski definition) is 3. The van der Waals surface area contributed by atoms with Crippen molar-refractivity contribution in [3.05, 3.63) is 20.8 Å². The van der Waals surface area contributed by atoms with Crippen LogP contribution in [0.2, 0.25) is 0 Å². The third-order valence-corrected chi connectivity index (χ3v) is 1.98. The van der Waals surface area contributed by atoms with E-state index in [1.54, 1.807) is 7.11 Å². The minimum Gasteiger partial charge on any atom is -0.383 e. The van der Waals surface area contributed by atoms with Crippen molar-refractivity contribution < 1.29 is 4.74 Å². The number of rotatable bonds is 4. The standard InChI is InChI=1S/C8H14N4O3/c1-12-6(9)5(10-3-4-15-2)7(13)11-8(12)14/h10H,3-4,9H2,1-2H3,(H,11,13,14). The molecule has 4 N–H and O–H groups in total. The first-order valence-electron chi connectivity index (χ1n) is 4.39. The summed E-state index contributed by atoms with van der Waals surface area (Å²) in [5.74, 6) is 0.111. The largest absolute Gasteiger partial charge is 0.383 e. The van der Waals surface area contributed by atoms with Gasteiger partial charge in [-0.3, -0.25) is 14.3 Å². The molecule has 0 unspecified atom stereocenters. The van der Waals surface area contributed by atoms with E-state index in [0.29, 0.717) is 13.2 Å². The Labute approximate surface area is 85.9 Å². The van der Waals surface area contributed by atoms with E-state index in [1.807, 2.05) is 0 Å². The number of aromatic nitrogens is 2. The average molecular weight is 214 g/mol. The highest BCUT2D eigenvalue weighted by molar-refractivity contribution is 5.60. The number of nitrogens with two attached hydrogens (primary N) is 1. The van der Waals surface area contributed by atoms with Crippen molar-refractivity contribution in [1.29, 1.82) is 0 Å². The van der Waals surface area contributed by atoms with Crippen LogP contribution in [0.1, 0.15) is 0 Å². The second-order valence-electron chi connectivity index (χ2n) is 3.00. The Bertz CT molecular complexity index is 448. The normalized spacial score (nSPS) is 10.3. The minimum atomic E-state index is -0.533. The number of anilines is 2. The van der Waals surface area contributed by atoms with Crippen LogP contribution in [0.15, 0.2) is 9.59 Å². The van der Waals surface area contributed by atoms with Crippen molar-refractivity contribution in [2.24, 2.45) is 7.05 Å². The molecule has 7 heteroatoms. The van der Waals surface area contributed by atoms with Crippen LogP contribution in [0.3, 0.4) is 0 Å². The topological polar surface area (TPSA) is 102 Å². The summed E-state index contributed by atoms with van der Waals surface area (Å²) in [5, 5.41) is 2.80. The van der Waals surface area contributed by atoms with Gasteiger partial charge in [-0.1, -0.05) is 0 Å². The highest BCUT2D eigenvalue weighted by Gasteiger charge is 2.08. The Morgan fingerprint density at radius 2 is 2.20 bits per heavy atom. The van der Waals surface area contributed by atoms with E-state index in [-0.39, 0.29) is 11.5 Å². The maximum absolute atomic E-state index is 11.4. The minimum absolute atomic E-state index is 0.111. The smallest absolute Gasteiger partial charge is 0.329 e. The van der Waals surface area contributed by atoms with Gasteiger partial charge in [0.2, 0.25) is 0 Å². The zero-order chi connectivity index (χ0) is 11.4. The molecule has 1 rings (SSSR count). The summed E-state index contributed by atoms with van der Waals surface area (Å²) < 4.78 is 5.98. The molecule has 0 amide bonds. The molecule has 1 aromatic heterocycles. The molecule has 0 aliphatic heterocycles. The van der Waals surface area contributed by atoms with Gasteiger partial charge in [0, 0.05) is 20.7 Å². The number of hydrogen-bond acceptors (Lipinski definition) is 5. The third kappa shape index (κ3) is 2.38. The molecular formula is C8H14N4O3. The maximum Gasteiger partial charge on any atom is 0.329 e. The van der Waals surface area contributed by atoms with E-state index < -0.39 is 11.2 Å². The number of nitrogens with one attached hydrogen (secondary N) is 2. The molecule has 0 bridgehead atoms. The fraction of sp³-hybridized carbons (Fsp3) is 0.500. The summed E-state index contributed by atoms with van der Waals surface area (Å²) in [4.78, 5) is 24.6. The van der Waals surface area contributed by atoms with Crippen molar-refractivity contribution in [2.75, 3.05) is 31.3 Å². The lowest BCUT2D eigenvalue weighted by molar-refractivity contribution is 0.210. The van der Waals surface area contributed by atoms with Gasteiger partial charge in [0.1, 0.15) is 11.5 Å². The maximum atomic E-state index is 11.4. The van der Waals surface area contributed by atoms with E-state index in [0.717, 1.165) is 4.57 Å². The average Bonchev–Trinajstić information content (AvgIpc) is 2.20. The lowest BCUT2D eigenvalue weighted by atomic mass is 10.4. The Kier molecular flexibility index (Phi) is 3.51. The number of H-pyrrole nitrogens is 1. The predicted molar refractivity (Wildman–Crippen MR) is 57.1 cm³/mol. The molecule has 0 aliphatic rings. The van der Waals surface area contributed by atoms with Gasteiger partial charge in [-0.2, -0.15) is 0 Å². The molecule has 0 spiro atoms. The van der Waals surface area contributed by atoms with Crippen LogP contribution < -0.4 is 22.3 Å². The number of methoxy groups -OCH3 is 1. The van der Waals surface area contributed by atoms with Gasteiger partial charge in [0.05, 0.1) is 6.61 Å². The molecule has 84 valence electrons. The first-order chi connectivity index (χ1) is 7.07. The second-order valence-corrected chi connectivity index (χ2v) is 3.00. The summed E-state index contributed by atoms with van der Waals surface area (Å²) >= 11 is 0. The molecule has 1 aromatic rings. The molecular weight excluding hydrogens is 200 g/mol. The first-order valence-corrected chi connectivity index (χ1v) is 4.39. The fourth-order valence-electron chi connectivity index (χ4n) is 1.09. The van der Waals surface area contributed by atoms with Gasteiger partial charge in [-0.05, 0) is 0 Å².